The van der Waals surface area contributed by atoms with Gasteiger partial charge in [-0.25, -0.2) is 0 Å². The van der Waals surface area contributed by atoms with E-state index in [9.17, 15) is 4.79 Å². The Kier molecular flexibility index (Phi) is 6.30. The van der Waals surface area contributed by atoms with Crippen molar-refractivity contribution >= 4 is 38.3 Å². The smallest absolute Gasteiger partial charge is 0.163 e. The molecule has 1 N–H and O–H groups in total. The summed E-state index contributed by atoms with van der Waals surface area (Å²) >= 11 is 3.55. The maximum Gasteiger partial charge on any atom is 0.163 e. The van der Waals surface area contributed by atoms with Gasteiger partial charge in [-0.15, -0.1) is 0 Å². The Hall–Kier alpha value is -1.46. The van der Waals surface area contributed by atoms with Crippen LogP contribution in [0.2, 0.25) is 0 Å². The van der Waals surface area contributed by atoms with E-state index in [0.717, 1.165) is 39.8 Å². The molecule has 1 aromatic carbocycles. The van der Waals surface area contributed by atoms with E-state index >= 15 is 0 Å². The minimum atomic E-state index is 0.0570. The van der Waals surface area contributed by atoms with Gasteiger partial charge < -0.3 is 10.2 Å². The van der Waals surface area contributed by atoms with Crippen LogP contribution in [0.1, 0.15) is 49.4 Å². The van der Waals surface area contributed by atoms with Crippen LogP contribution in [0.15, 0.2) is 28.9 Å². The molecule has 26 heavy (non-hydrogen) atoms. The number of anilines is 1. The molecule has 0 unspecified atom stereocenters. The van der Waals surface area contributed by atoms with E-state index in [0.29, 0.717) is 11.6 Å². The van der Waals surface area contributed by atoms with Crippen molar-refractivity contribution in [2.75, 3.05) is 26.0 Å². The maximum atomic E-state index is 12.1. The highest BCUT2D eigenvalue weighted by molar-refractivity contribution is 9.10. The molecule has 0 radical (unpaired) electrons. The lowest BCUT2D eigenvalue weighted by atomic mass is 9.84. The van der Waals surface area contributed by atoms with Crippen molar-refractivity contribution < 1.29 is 4.79 Å². The molecule has 2 aromatic rings. The Labute approximate surface area is 164 Å². The number of hydrogen-bond acceptors (Lipinski definition) is 4. The van der Waals surface area contributed by atoms with Crippen LogP contribution in [0.4, 0.5) is 5.69 Å². The van der Waals surface area contributed by atoms with Crippen molar-refractivity contribution in [1.29, 1.82) is 0 Å². The second kappa shape index (κ2) is 8.49. The number of pyridine rings is 1. The van der Waals surface area contributed by atoms with Crippen molar-refractivity contribution in [1.82, 2.24) is 9.88 Å². The number of fused-ring (bicyclic) bond motifs is 1. The summed E-state index contributed by atoms with van der Waals surface area (Å²) < 4.78 is 1.00. The van der Waals surface area contributed by atoms with Crippen LogP contribution in [0.3, 0.4) is 0 Å². The Balaban J connectivity index is 1.77. The number of ketones is 1. The summed E-state index contributed by atoms with van der Waals surface area (Å²) in [6.45, 7) is 2.78. The lowest BCUT2D eigenvalue weighted by Gasteiger charge is -2.31. The molecular weight excluding hydrogens is 390 g/mol. The average molecular weight is 418 g/mol. The van der Waals surface area contributed by atoms with Crippen LogP contribution >= 0.6 is 15.9 Å². The zero-order valence-corrected chi connectivity index (χ0v) is 17.5. The SMILES string of the molecule is CC(=O)c1cnc2ccc(Br)cc2c1NC1CCC(CCN(C)C)CC1. The highest BCUT2D eigenvalue weighted by Crippen LogP contribution is 2.33. The minimum absolute atomic E-state index is 0.0570. The lowest BCUT2D eigenvalue weighted by Crippen LogP contribution is -2.28. The number of rotatable bonds is 6. The third-order valence-corrected chi connectivity index (χ3v) is 5.88. The van der Waals surface area contributed by atoms with E-state index in [-0.39, 0.29) is 5.78 Å². The number of hydrogen-bond donors (Lipinski definition) is 1. The molecule has 3 rings (SSSR count). The zero-order chi connectivity index (χ0) is 18.7. The number of benzene rings is 1. The van der Waals surface area contributed by atoms with Crippen molar-refractivity contribution in [3.8, 4) is 0 Å². The monoisotopic (exact) mass is 417 g/mol. The molecule has 5 heteroatoms. The predicted octanol–water partition coefficient (Wildman–Crippen LogP) is 5.12. The lowest BCUT2D eigenvalue weighted by molar-refractivity contribution is 0.101. The Bertz CT molecular complexity index is 782. The van der Waals surface area contributed by atoms with Crippen LogP contribution in [-0.4, -0.2) is 42.3 Å². The van der Waals surface area contributed by atoms with Gasteiger partial charge in [0.05, 0.1) is 16.8 Å². The van der Waals surface area contributed by atoms with Crippen LogP contribution in [0, 0.1) is 5.92 Å². The van der Waals surface area contributed by atoms with E-state index < -0.39 is 0 Å². The summed E-state index contributed by atoms with van der Waals surface area (Å²) in [5, 5.41) is 4.71. The van der Waals surface area contributed by atoms with Crippen LogP contribution in [0.25, 0.3) is 10.9 Å². The van der Waals surface area contributed by atoms with E-state index in [2.05, 4.69) is 51.3 Å². The Morgan fingerprint density at radius 2 is 2.00 bits per heavy atom. The van der Waals surface area contributed by atoms with E-state index in [4.69, 9.17) is 0 Å². The van der Waals surface area contributed by atoms with Crippen LogP contribution in [0.5, 0.6) is 0 Å². The van der Waals surface area contributed by atoms with Crippen molar-refractivity contribution in [2.24, 2.45) is 5.92 Å². The fraction of sp³-hybridized carbons (Fsp3) is 0.524. The maximum absolute atomic E-state index is 12.1. The molecule has 1 fully saturated rings. The predicted molar refractivity (Wildman–Crippen MR) is 112 cm³/mol. The fourth-order valence-corrected chi connectivity index (χ4v) is 4.19. The molecule has 0 atom stereocenters. The van der Waals surface area contributed by atoms with Gasteiger partial charge in [-0.05, 0) is 83.8 Å². The highest BCUT2D eigenvalue weighted by Gasteiger charge is 2.23. The third kappa shape index (κ3) is 4.63. The van der Waals surface area contributed by atoms with E-state index in [1.165, 1.54) is 25.8 Å². The zero-order valence-electron chi connectivity index (χ0n) is 15.9. The molecule has 140 valence electrons. The third-order valence-electron chi connectivity index (χ3n) is 5.39. The van der Waals surface area contributed by atoms with Crippen molar-refractivity contribution in [2.45, 2.75) is 45.1 Å². The topological polar surface area (TPSA) is 45.2 Å². The quantitative estimate of drug-likeness (QED) is 0.662. The molecule has 0 bridgehead atoms. The number of aromatic nitrogens is 1. The number of carbonyl (C=O) groups is 1. The second-order valence-corrected chi connectivity index (χ2v) is 8.63. The summed E-state index contributed by atoms with van der Waals surface area (Å²) in [7, 11) is 4.28. The van der Waals surface area contributed by atoms with Crippen molar-refractivity contribution in [3.05, 3.63) is 34.4 Å². The van der Waals surface area contributed by atoms with Gasteiger partial charge in [-0.1, -0.05) is 15.9 Å². The first-order valence-electron chi connectivity index (χ1n) is 9.44. The molecule has 1 aliphatic carbocycles. The number of nitrogens with one attached hydrogen (secondary N) is 1. The minimum Gasteiger partial charge on any atom is -0.381 e. The van der Waals surface area contributed by atoms with Gasteiger partial charge in [0, 0.05) is 22.1 Å². The molecule has 1 saturated carbocycles. The molecule has 0 amide bonds. The Morgan fingerprint density at radius 1 is 1.27 bits per heavy atom. The molecule has 4 nitrogen and oxygen atoms in total. The summed E-state index contributed by atoms with van der Waals surface area (Å²) in [6, 6.07) is 6.46. The van der Waals surface area contributed by atoms with E-state index in [1.807, 2.05) is 12.1 Å². The van der Waals surface area contributed by atoms with Gasteiger partial charge >= 0.3 is 0 Å². The largest absolute Gasteiger partial charge is 0.381 e. The first-order chi connectivity index (χ1) is 12.4. The molecule has 0 saturated heterocycles. The van der Waals surface area contributed by atoms with Crippen LogP contribution in [-0.2, 0) is 0 Å². The van der Waals surface area contributed by atoms with Gasteiger partial charge in [0.1, 0.15) is 0 Å². The molecule has 1 heterocycles. The molecule has 1 aliphatic rings. The molecule has 0 aliphatic heterocycles. The standard InChI is InChI=1S/C21H28BrN3O/c1-14(26)19-13-23-20-9-6-16(22)12-18(20)21(19)24-17-7-4-15(5-8-17)10-11-25(2)3/h6,9,12-13,15,17H,4-5,7-8,10-11H2,1-3H3,(H,23,24). The van der Waals surface area contributed by atoms with E-state index in [1.54, 1.807) is 13.1 Å². The molecule has 1 aromatic heterocycles. The number of Topliss-reactive ketones (excluding diaryl/α,β-unsaturated/α-hetero) is 1. The van der Waals surface area contributed by atoms with Crippen molar-refractivity contribution in [3.63, 3.8) is 0 Å². The first-order valence-corrected chi connectivity index (χ1v) is 10.2. The highest BCUT2D eigenvalue weighted by atomic mass is 79.9. The normalized spacial score (nSPS) is 20.5. The fourth-order valence-electron chi connectivity index (χ4n) is 3.83. The van der Waals surface area contributed by atoms with Crippen LogP contribution < -0.4 is 5.32 Å². The Morgan fingerprint density at radius 3 is 2.65 bits per heavy atom. The number of halogens is 1. The summed E-state index contributed by atoms with van der Waals surface area (Å²) in [6.07, 6.45) is 7.83. The summed E-state index contributed by atoms with van der Waals surface area (Å²) in [4.78, 5) is 18.9. The molecular formula is C21H28BrN3O. The second-order valence-electron chi connectivity index (χ2n) is 7.72. The number of nitrogens with zero attached hydrogens (tertiary/aromatic N) is 2. The number of carbonyl (C=O) groups excluding carboxylic acids is 1. The average Bonchev–Trinajstić information content (AvgIpc) is 2.61. The summed E-state index contributed by atoms with van der Waals surface area (Å²) in [5.74, 6) is 0.882. The molecule has 0 spiro atoms. The van der Waals surface area contributed by atoms with Gasteiger partial charge in [0.15, 0.2) is 5.78 Å². The van der Waals surface area contributed by atoms with Gasteiger partial charge in [-0.2, -0.15) is 0 Å². The summed E-state index contributed by atoms with van der Waals surface area (Å²) in [5.41, 5.74) is 2.55. The first kappa shape index (κ1) is 19.3. The van der Waals surface area contributed by atoms with Gasteiger partial charge in [-0.3, -0.25) is 9.78 Å². The van der Waals surface area contributed by atoms with Gasteiger partial charge in [0.2, 0.25) is 0 Å². The van der Waals surface area contributed by atoms with Gasteiger partial charge in [0.25, 0.3) is 0 Å².